The summed E-state index contributed by atoms with van der Waals surface area (Å²) in [7, 11) is 0. The SMILES string of the molecule is O=C1S/C(=C\c2cn(Cc3ccc(Cl)c(Cl)c3)c3ccccc23)C(=O)N1CCc1ccccc1. The number of para-hydroxylation sites is 1. The Labute approximate surface area is 211 Å². The Balaban J connectivity index is 1.42. The summed E-state index contributed by atoms with van der Waals surface area (Å²) >= 11 is 13.3. The van der Waals surface area contributed by atoms with Crippen LogP contribution < -0.4 is 0 Å². The van der Waals surface area contributed by atoms with Crippen molar-refractivity contribution in [3.8, 4) is 0 Å². The molecular weight excluding hydrogens is 487 g/mol. The van der Waals surface area contributed by atoms with E-state index in [1.54, 1.807) is 6.07 Å². The number of thioether (sulfide) groups is 1. The predicted molar refractivity (Wildman–Crippen MR) is 140 cm³/mol. The molecule has 1 aliphatic rings. The van der Waals surface area contributed by atoms with Crippen molar-refractivity contribution in [1.29, 1.82) is 0 Å². The maximum atomic E-state index is 13.0. The van der Waals surface area contributed by atoms with Crippen LogP contribution in [0.4, 0.5) is 4.79 Å². The Morgan fingerprint density at radius 1 is 0.853 bits per heavy atom. The number of nitrogens with zero attached hydrogens (tertiary/aromatic N) is 2. The minimum absolute atomic E-state index is 0.230. The van der Waals surface area contributed by atoms with Crippen molar-refractivity contribution in [2.45, 2.75) is 13.0 Å². The van der Waals surface area contributed by atoms with Crippen LogP contribution in [0.25, 0.3) is 17.0 Å². The van der Waals surface area contributed by atoms with E-state index in [-0.39, 0.29) is 11.1 Å². The molecule has 34 heavy (non-hydrogen) atoms. The lowest BCUT2D eigenvalue weighted by atomic mass is 10.1. The average Bonchev–Trinajstić information content (AvgIpc) is 3.32. The van der Waals surface area contributed by atoms with Crippen molar-refractivity contribution in [3.63, 3.8) is 0 Å². The van der Waals surface area contributed by atoms with Crippen LogP contribution in [0.3, 0.4) is 0 Å². The molecule has 0 saturated carbocycles. The molecule has 2 heterocycles. The minimum atomic E-state index is -0.243. The molecule has 3 aromatic carbocycles. The summed E-state index contributed by atoms with van der Waals surface area (Å²) < 4.78 is 2.11. The minimum Gasteiger partial charge on any atom is -0.342 e. The third-order valence-corrected chi connectivity index (χ3v) is 7.43. The van der Waals surface area contributed by atoms with Crippen LogP contribution in [0, 0.1) is 0 Å². The predicted octanol–water partition coefficient (Wildman–Crippen LogP) is 7.28. The molecule has 0 spiro atoms. The zero-order valence-corrected chi connectivity index (χ0v) is 20.4. The van der Waals surface area contributed by atoms with Gasteiger partial charge in [0, 0.05) is 35.8 Å². The molecule has 1 fully saturated rings. The molecule has 7 heteroatoms. The van der Waals surface area contributed by atoms with Gasteiger partial charge in [-0.1, -0.05) is 77.8 Å². The van der Waals surface area contributed by atoms with Crippen LogP contribution in [0.5, 0.6) is 0 Å². The summed E-state index contributed by atoms with van der Waals surface area (Å²) in [5, 5.41) is 1.82. The van der Waals surface area contributed by atoms with Crippen molar-refractivity contribution < 1.29 is 9.59 Å². The first-order chi connectivity index (χ1) is 16.5. The highest BCUT2D eigenvalue weighted by Gasteiger charge is 2.34. The van der Waals surface area contributed by atoms with E-state index in [0.717, 1.165) is 39.4 Å². The van der Waals surface area contributed by atoms with Crippen molar-refractivity contribution in [2.75, 3.05) is 6.54 Å². The molecule has 1 saturated heterocycles. The molecular formula is C27H20Cl2N2O2S. The first-order valence-electron chi connectivity index (χ1n) is 10.8. The first kappa shape index (κ1) is 22.8. The van der Waals surface area contributed by atoms with E-state index in [1.165, 1.54) is 4.90 Å². The van der Waals surface area contributed by atoms with Crippen molar-refractivity contribution in [3.05, 3.63) is 111 Å². The number of hydrogen-bond acceptors (Lipinski definition) is 3. The number of fused-ring (bicyclic) bond motifs is 1. The highest BCUT2D eigenvalue weighted by Crippen LogP contribution is 2.34. The molecule has 2 amide bonds. The van der Waals surface area contributed by atoms with Crippen LogP contribution in [-0.2, 0) is 17.8 Å². The number of halogens is 2. The monoisotopic (exact) mass is 506 g/mol. The molecule has 0 bridgehead atoms. The number of amides is 2. The molecule has 0 N–H and O–H groups in total. The van der Waals surface area contributed by atoms with E-state index >= 15 is 0 Å². The van der Waals surface area contributed by atoms with E-state index in [9.17, 15) is 9.59 Å². The van der Waals surface area contributed by atoms with Crippen LogP contribution in [0.2, 0.25) is 10.0 Å². The van der Waals surface area contributed by atoms with Crippen LogP contribution in [0.15, 0.2) is 83.9 Å². The highest BCUT2D eigenvalue weighted by atomic mass is 35.5. The Morgan fingerprint density at radius 2 is 1.62 bits per heavy atom. The second kappa shape index (κ2) is 9.71. The van der Waals surface area contributed by atoms with Gasteiger partial charge in [0.15, 0.2) is 0 Å². The van der Waals surface area contributed by atoms with Gasteiger partial charge < -0.3 is 4.57 Å². The highest BCUT2D eigenvalue weighted by molar-refractivity contribution is 8.18. The summed E-state index contributed by atoms with van der Waals surface area (Å²) in [5.41, 5.74) is 4.03. The number of benzene rings is 3. The standard InChI is InChI=1S/C27H20Cl2N2O2S/c28-22-11-10-19(14-23(22)29)16-30-17-20(21-8-4-5-9-24(21)30)15-25-26(32)31(27(33)34-25)13-12-18-6-2-1-3-7-18/h1-11,14-15,17H,12-13,16H2/b25-15-. The summed E-state index contributed by atoms with van der Waals surface area (Å²) in [4.78, 5) is 27.4. The van der Waals surface area contributed by atoms with Gasteiger partial charge in [-0.05, 0) is 53.6 Å². The molecule has 0 radical (unpaired) electrons. The molecule has 5 rings (SSSR count). The quantitative estimate of drug-likeness (QED) is 0.258. The molecule has 1 aliphatic heterocycles. The van der Waals surface area contributed by atoms with Gasteiger partial charge in [0.25, 0.3) is 11.1 Å². The van der Waals surface area contributed by atoms with Crippen molar-refractivity contribution in [2.24, 2.45) is 0 Å². The molecule has 4 aromatic rings. The van der Waals surface area contributed by atoms with Gasteiger partial charge in [-0.3, -0.25) is 14.5 Å². The molecule has 0 unspecified atom stereocenters. The fraction of sp³-hybridized carbons (Fsp3) is 0.111. The van der Waals surface area contributed by atoms with E-state index in [1.807, 2.05) is 79.0 Å². The molecule has 0 aliphatic carbocycles. The normalized spacial score (nSPS) is 15.1. The number of carbonyl (C=O) groups is 2. The second-order valence-electron chi connectivity index (χ2n) is 8.05. The molecule has 1 aromatic heterocycles. The van der Waals surface area contributed by atoms with Crippen molar-refractivity contribution >= 4 is 63.1 Å². The smallest absolute Gasteiger partial charge is 0.293 e. The fourth-order valence-electron chi connectivity index (χ4n) is 4.08. The maximum Gasteiger partial charge on any atom is 0.293 e. The fourth-order valence-corrected chi connectivity index (χ4v) is 5.25. The lowest BCUT2D eigenvalue weighted by Gasteiger charge is -2.12. The third-order valence-electron chi connectivity index (χ3n) is 5.78. The number of imide groups is 1. The van der Waals surface area contributed by atoms with Crippen LogP contribution >= 0.6 is 35.0 Å². The van der Waals surface area contributed by atoms with E-state index in [2.05, 4.69) is 4.57 Å². The van der Waals surface area contributed by atoms with Gasteiger partial charge in [0.05, 0.1) is 15.0 Å². The first-order valence-corrected chi connectivity index (χ1v) is 12.4. The average molecular weight is 507 g/mol. The van der Waals surface area contributed by atoms with Gasteiger partial charge in [-0.15, -0.1) is 0 Å². The summed E-state index contributed by atoms with van der Waals surface area (Å²) in [6.07, 6.45) is 4.46. The van der Waals surface area contributed by atoms with Gasteiger partial charge >= 0.3 is 0 Å². The van der Waals surface area contributed by atoms with Gasteiger partial charge in [-0.2, -0.15) is 0 Å². The van der Waals surface area contributed by atoms with E-state index in [0.29, 0.717) is 34.5 Å². The Bertz CT molecular complexity index is 1430. The lowest BCUT2D eigenvalue weighted by molar-refractivity contribution is -0.122. The summed E-state index contributed by atoms with van der Waals surface area (Å²) in [5.74, 6) is -0.243. The van der Waals surface area contributed by atoms with Gasteiger partial charge in [0.2, 0.25) is 0 Å². The number of carbonyl (C=O) groups excluding carboxylic acids is 2. The summed E-state index contributed by atoms with van der Waals surface area (Å²) in [6, 6.07) is 23.5. The van der Waals surface area contributed by atoms with Gasteiger partial charge in [0.1, 0.15) is 0 Å². The van der Waals surface area contributed by atoms with Crippen LogP contribution in [-0.4, -0.2) is 27.2 Å². The topological polar surface area (TPSA) is 42.3 Å². The zero-order valence-electron chi connectivity index (χ0n) is 18.1. The van der Waals surface area contributed by atoms with E-state index in [4.69, 9.17) is 23.2 Å². The van der Waals surface area contributed by atoms with E-state index < -0.39 is 0 Å². The lowest BCUT2D eigenvalue weighted by Crippen LogP contribution is -2.30. The van der Waals surface area contributed by atoms with Crippen LogP contribution in [0.1, 0.15) is 16.7 Å². The Morgan fingerprint density at radius 3 is 2.41 bits per heavy atom. The maximum absolute atomic E-state index is 13.0. The number of aromatic nitrogens is 1. The largest absolute Gasteiger partial charge is 0.342 e. The number of hydrogen-bond donors (Lipinski definition) is 0. The van der Waals surface area contributed by atoms with Crippen molar-refractivity contribution in [1.82, 2.24) is 9.47 Å². The molecule has 170 valence electrons. The number of rotatable bonds is 6. The van der Waals surface area contributed by atoms with Gasteiger partial charge in [-0.25, -0.2) is 0 Å². The Kier molecular flexibility index (Phi) is 6.50. The second-order valence-corrected chi connectivity index (χ2v) is 9.85. The molecule has 4 nitrogen and oxygen atoms in total. The third kappa shape index (κ3) is 4.64. The Hall–Kier alpha value is -2.99. The molecule has 0 atom stereocenters. The zero-order chi connectivity index (χ0) is 23.7. The summed E-state index contributed by atoms with van der Waals surface area (Å²) in [6.45, 7) is 0.967.